The second kappa shape index (κ2) is 11.5. The summed E-state index contributed by atoms with van der Waals surface area (Å²) in [6.07, 6.45) is -9.09. The molecule has 0 spiro atoms. The standard InChI is InChI=1S/C28H32F6N2O3/c1-5-9-21-18-22(12-13-23(21)35-14-16-36(17-15-35)24(37)39-25(2,3)4)26(27(29,30)31,28(32,33)34)38-19-20-10-7-6-8-11-20/h5-13,18H,14-17,19H2,1-4H3. The molecule has 0 bridgehead atoms. The van der Waals surface area contributed by atoms with Gasteiger partial charge < -0.3 is 19.3 Å². The van der Waals surface area contributed by atoms with E-state index in [1.807, 2.05) is 4.90 Å². The van der Waals surface area contributed by atoms with E-state index in [1.165, 1.54) is 47.4 Å². The second-order valence-electron chi connectivity index (χ2n) is 10.2. The zero-order chi connectivity index (χ0) is 29.1. The number of carbonyl (C=O) groups excluding carboxylic acids is 1. The van der Waals surface area contributed by atoms with Gasteiger partial charge in [-0.3, -0.25) is 0 Å². The summed E-state index contributed by atoms with van der Waals surface area (Å²) in [5.41, 5.74) is -5.50. The van der Waals surface area contributed by atoms with Crippen molar-refractivity contribution in [1.29, 1.82) is 0 Å². The fourth-order valence-corrected chi connectivity index (χ4v) is 4.33. The molecule has 0 radical (unpaired) electrons. The summed E-state index contributed by atoms with van der Waals surface area (Å²) in [5.74, 6) is 0. The summed E-state index contributed by atoms with van der Waals surface area (Å²) < 4.78 is 96.2. The molecule has 1 heterocycles. The summed E-state index contributed by atoms with van der Waals surface area (Å²) in [4.78, 5) is 15.7. The van der Waals surface area contributed by atoms with Crippen LogP contribution in [0.1, 0.15) is 44.4 Å². The van der Waals surface area contributed by atoms with Crippen molar-refractivity contribution in [2.24, 2.45) is 0 Å². The number of nitrogens with zero attached hydrogens (tertiary/aromatic N) is 2. The maximum absolute atomic E-state index is 14.3. The summed E-state index contributed by atoms with van der Waals surface area (Å²) in [6.45, 7) is 7.15. The van der Waals surface area contributed by atoms with Crippen molar-refractivity contribution in [1.82, 2.24) is 4.90 Å². The minimum absolute atomic E-state index is 0.168. The third-order valence-electron chi connectivity index (χ3n) is 6.15. The molecule has 11 heteroatoms. The Balaban J connectivity index is 1.96. The lowest BCUT2D eigenvalue weighted by atomic mass is 9.89. The summed E-state index contributed by atoms with van der Waals surface area (Å²) >= 11 is 0. The van der Waals surface area contributed by atoms with Crippen LogP contribution in [-0.4, -0.2) is 55.1 Å². The van der Waals surface area contributed by atoms with Gasteiger partial charge in [0.15, 0.2) is 0 Å². The SMILES string of the molecule is CC=Cc1cc(C(OCc2ccccc2)(C(F)(F)F)C(F)(F)F)ccc1N1CCN(C(=O)OC(C)(C)C)CC1. The van der Waals surface area contributed by atoms with Gasteiger partial charge in [0.25, 0.3) is 5.60 Å². The fraction of sp³-hybridized carbons (Fsp3) is 0.464. The summed E-state index contributed by atoms with van der Waals surface area (Å²) in [5, 5.41) is 0. The molecule has 2 aromatic carbocycles. The maximum Gasteiger partial charge on any atom is 0.430 e. The van der Waals surface area contributed by atoms with Gasteiger partial charge in [0.1, 0.15) is 5.60 Å². The zero-order valence-corrected chi connectivity index (χ0v) is 22.2. The summed E-state index contributed by atoms with van der Waals surface area (Å²) in [7, 11) is 0. The van der Waals surface area contributed by atoms with E-state index in [0.717, 1.165) is 12.1 Å². The minimum Gasteiger partial charge on any atom is -0.444 e. The van der Waals surface area contributed by atoms with Crippen LogP contribution in [0, 0.1) is 0 Å². The number of benzene rings is 2. The molecule has 1 aliphatic rings. The molecular formula is C28H32F6N2O3. The first-order chi connectivity index (χ1) is 18.1. The topological polar surface area (TPSA) is 42.0 Å². The predicted octanol–water partition coefficient (Wildman–Crippen LogP) is 7.31. The first-order valence-corrected chi connectivity index (χ1v) is 12.4. The van der Waals surface area contributed by atoms with Gasteiger partial charge in [-0.1, -0.05) is 48.6 Å². The highest BCUT2D eigenvalue weighted by Crippen LogP contribution is 2.54. The van der Waals surface area contributed by atoms with E-state index in [4.69, 9.17) is 9.47 Å². The van der Waals surface area contributed by atoms with Gasteiger partial charge in [0.05, 0.1) is 6.61 Å². The average Bonchev–Trinajstić information content (AvgIpc) is 2.83. The zero-order valence-electron chi connectivity index (χ0n) is 22.2. The highest BCUT2D eigenvalue weighted by atomic mass is 19.4. The molecule has 1 fully saturated rings. The Morgan fingerprint density at radius 1 is 0.897 bits per heavy atom. The first-order valence-electron chi connectivity index (χ1n) is 12.4. The van der Waals surface area contributed by atoms with Crippen molar-refractivity contribution in [3.05, 3.63) is 71.3 Å². The highest BCUT2D eigenvalue weighted by molar-refractivity contribution is 5.71. The second-order valence-corrected chi connectivity index (χ2v) is 10.2. The molecule has 0 aliphatic carbocycles. The van der Waals surface area contributed by atoms with Crippen molar-refractivity contribution in [3.8, 4) is 0 Å². The number of alkyl halides is 6. The highest BCUT2D eigenvalue weighted by Gasteiger charge is 2.73. The number of ether oxygens (including phenoxy) is 2. The Bertz CT molecular complexity index is 1130. The fourth-order valence-electron chi connectivity index (χ4n) is 4.33. The largest absolute Gasteiger partial charge is 0.444 e. The lowest BCUT2D eigenvalue weighted by Crippen LogP contribution is -2.56. The molecular weight excluding hydrogens is 526 g/mol. The quantitative estimate of drug-likeness (QED) is 0.349. The number of hydrogen-bond donors (Lipinski definition) is 0. The van der Waals surface area contributed by atoms with E-state index >= 15 is 0 Å². The minimum atomic E-state index is -5.80. The number of carbonyl (C=O) groups is 1. The van der Waals surface area contributed by atoms with Crippen LogP contribution in [0.3, 0.4) is 0 Å². The lowest BCUT2D eigenvalue weighted by Gasteiger charge is -2.39. The number of piperazine rings is 1. The van der Waals surface area contributed by atoms with Gasteiger partial charge in [-0.05, 0) is 51.0 Å². The van der Waals surface area contributed by atoms with E-state index in [2.05, 4.69) is 0 Å². The van der Waals surface area contributed by atoms with E-state index in [1.54, 1.807) is 33.8 Å². The molecule has 3 rings (SSSR count). The van der Waals surface area contributed by atoms with Crippen molar-refractivity contribution in [3.63, 3.8) is 0 Å². The number of hydrogen-bond acceptors (Lipinski definition) is 4. The van der Waals surface area contributed by atoms with Crippen molar-refractivity contribution in [2.45, 2.75) is 57.9 Å². The van der Waals surface area contributed by atoms with Crippen molar-refractivity contribution < 1.29 is 40.6 Å². The molecule has 5 nitrogen and oxygen atoms in total. The molecule has 0 N–H and O–H groups in total. The number of rotatable bonds is 6. The van der Waals surface area contributed by atoms with Gasteiger partial charge in [-0.2, -0.15) is 26.3 Å². The normalized spacial score (nSPS) is 15.6. The first kappa shape index (κ1) is 30.3. The molecule has 1 aliphatic heterocycles. The number of allylic oxidation sites excluding steroid dienone is 1. The van der Waals surface area contributed by atoms with Crippen LogP contribution in [-0.2, 0) is 21.7 Å². The molecule has 0 unspecified atom stereocenters. The van der Waals surface area contributed by atoms with Crippen LogP contribution in [0.4, 0.5) is 36.8 Å². The molecule has 1 saturated heterocycles. The number of anilines is 1. The maximum atomic E-state index is 14.3. The van der Waals surface area contributed by atoms with Gasteiger partial charge in [-0.15, -0.1) is 0 Å². The van der Waals surface area contributed by atoms with Crippen LogP contribution in [0.15, 0.2) is 54.6 Å². The van der Waals surface area contributed by atoms with Gasteiger partial charge in [0.2, 0.25) is 0 Å². The van der Waals surface area contributed by atoms with Crippen LogP contribution in [0.25, 0.3) is 6.08 Å². The monoisotopic (exact) mass is 558 g/mol. The molecule has 214 valence electrons. The molecule has 2 aromatic rings. The molecule has 0 aromatic heterocycles. The Hall–Kier alpha value is -3.21. The lowest BCUT2D eigenvalue weighted by molar-refractivity contribution is -0.392. The van der Waals surface area contributed by atoms with Crippen LogP contribution >= 0.6 is 0 Å². The van der Waals surface area contributed by atoms with Crippen LogP contribution in [0.2, 0.25) is 0 Å². The van der Waals surface area contributed by atoms with E-state index in [0.29, 0.717) is 18.8 Å². The van der Waals surface area contributed by atoms with Crippen LogP contribution < -0.4 is 4.90 Å². The van der Waals surface area contributed by atoms with E-state index in [-0.39, 0.29) is 24.2 Å². The average molecular weight is 559 g/mol. The van der Waals surface area contributed by atoms with Crippen molar-refractivity contribution >= 4 is 17.9 Å². The predicted molar refractivity (Wildman–Crippen MR) is 136 cm³/mol. The molecule has 0 atom stereocenters. The molecule has 0 saturated carbocycles. The van der Waals surface area contributed by atoms with Gasteiger partial charge in [0, 0.05) is 37.4 Å². The van der Waals surface area contributed by atoms with Gasteiger partial charge >= 0.3 is 18.4 Å². The third kappa shape index (κ3) is 6.87. The van der Waals surface area contributed by atoms with Crippen molar-refractivity contribution in [2.75, 3.05) is 31.1 Å². The number of halogens is 6. The Morgan fingerprint density at radius 2 is 1.49 bits per heavy atom. The van der Waals surface area contributed by atoms with Gasteiger partial charge in [-0.25, -0.2) is 4.79 Å². The Labute approximate surface area is 224 Å². The third-order valence-corrected chi connectivity index (χ3v) is 6.15. The van der Waals surface area contributed by atoms with E-state index < -0.39 is 41.8 Å². The smallest absolute Gasteiger partial charge is 0.430 e. The molecule has 1 amide bonds. The molecule has 39 heavy (non-hydrogen) atoms. The summed E-state index contributed by atoms with van der Waals surface area (Å²) in [6, 6.07) is 10.3. The van der Waals surface area contributed by atoms with Crippen LogP contribution in [0.5, 0.6) is 0 Å². The van der Waals surface area contributed by atoms with E-state index in [9.17, 15) is 31.1 Å². The Morgan fingerprint density at radius 3 is 2.00 bits per heavy atom. The number of amides is 1. The Kier molecular flexibility index (Phi) is 8.94.